The van der Waals surface area contributed by atoms with Gasteiger partial charge in [0.25, 0.3) is 5.56 Å². The zero-order valence-corrected chi connectivity index (χ0v) is 19.3. The molecule has 5 aromatic rings. The fourth-order valence-electron chi connectivity index (χ4n) is 3.79. The topological polar surface area (TPSA) is 64.0 Å². The number of nitrogens with one attached hydrogen (secondary N) is 1. The summed E-state index contributed by atoms with van der Waals surface area (Å²) < 4.78 is 40.2. The number of anilines is 1. The van der Waals surface area contributed by atoms with Crippen molar-refractivity contribution in [1.29, 1.82) is 0 Å². The van der Waals surface area contributed by atoms with E-state index in [1.165, 1.54) is 17.7 Å². The maximum atomic E-state index is 13.3. The molecule has 0 unspecified atom stereocenters. The highest BCUT2D eigenvalue weighted by Gasteiger charge is 2.31. The summed E-state index contributed by atoms with van der Waals surface area (Å²) in [5.74, 6) is -0.711. The SMILES string of the molecule is O=C(Cn1cnc2scc(-c3ccc4ccccc4c3)c2c1=O)Nc1cc(C(F)(F)F)ccc1Cl. The molecular formula is C25H15ClF3N3O2S. The maximum Gasteiger partial charge on any atom is 0.416 e. The Labute approximate surface area is 205 Å². The highest BCUT2D eigenvalue weighted by molar-refractivity contribution is 7.17. The smallest absolute Gasteiger partial charge is 0.323 e. The fraction of sp³-hybridized carbons (Fsp3) is 0.0800. The standard InChI is InChI=1S/C25H15ClF3N3O2S/c26-19-8-7-17(25(27,28)29)10-20(19)31-21(33)11-32-13-30-23-22(24(32)34)18(12-35-23)16-6-5-14-3-1-2-4-15(14)9-16/h1-10,12-13H,11H2,(H,31,33). The summed E-state index contributed by atoms with van der Waals surface area (Å²) in [6.07, 6.45) is -3.34. The van der Waals surface area contributed by atoms with Gasteiger partial charge in [-0.15, -0.1) is 11.3 Å². The van der Waals surface area contributed by atoms with Crippen molar-refractivity contribution >= 4 is 55.5 Å². The van der Waals surface area contributed by atoms with E-state index in [1.54, 1.807) is 0 Å². The van der Waals surface area contributed by atoms with Gasteiger partial charge in [-0.05, 0) is 40.6 Å². The van der Waals surface area contributed by atoms with Gasteiger partial charge in [0, 0.05) is 10.9 Å². The Morgan fingerprint density at radius 3 is 2.60 bits per heavy atom. The third kappa shape index (κ3) is 4.52. The Bertz CT molecular complexity index is 1660. The Hall–Kier alpha value is -3.69. The highest BCUT2D eigenvalue weighted by Crippen LogP contribution is 2.34. The number of hydrogen-bond acceptors (Lipinski definition) is 4. The van der Waals surface area contributed by atoms with Gasteiger partial charge < -0.3 is 5.32 Å². The number of thiophene rings is 1. The molecule has 35 heavy (non-hydrogen) atoms. The lowest BCUT2D eigenvalue weighted by Crippen LogP contribution is -2.28. The van der Waals surface area contributed by atoms with Crippen LogP contribution in [0.4, 0.5) is 18.9 Å². The van der Waals surface area contributed by atoms with Crippen molar-refractivity contribution in [3.8, 4) is 11.1 Å². The van der Waals surface area contributed by atoms with Gasteiger partial charge >= 0.3 is 6.18 Å². The van der Waals surface area contributed by atoms with E-state index in [0.717, 1.165) is 39.1 Å². The second-order valence-corrected chi connectivity index (χ2v) is 9.07. The molecule has 0 aliphatic carbocycles. The van der Waals surface area contributed by atoms with Gasteiger partial charge in [0.2, 0.25) is 5.91 Å². The van der Waals surface area contributed by atoms with Crippen molar-refractivity contribution < 1.29 is 18.0 Å². The number of hydrogen-bond donors (Lipinski definition) is 1. The van der Waals surface area contributed by atoms with Crippen LogP contribution in [0.3, 0.4) is 0 Å². The van der Waals surface area contributed by atoms with E-state index in [9.17, 15) is 22.8 Å². The van der Waals surface area contributed by atoms with Crippen LogP contribution >= 0.6 is 22.9 Å². The van der Waals surface area contributed by atoms with E-state index in [0.29, 0.717) is 15.8 Å². The molecule has 3 aromatic carbocycles. The highest BCUT2D eigenvalue weighted by atomic mass is 35.5. The Morgan fingerprint density at radius 1 is 1.06 bits per heavy atom. The minimum Gasteiger partial charge on any atom is -0.323 e. The summed E-state index contributed by atoms with van der Waals surface area (Å²) >= 11 is 7.27. The Balaban J connectivity index is 1.46. The number of benzene rings is 3. The molecule has 0 fully saturated rings. The lowest BCUT2D eigenvalue weighted by Gasteiger charge is -2.12. The fourth-order valence-corrected chi connectivity index (χ4v) is 4.86. The van der Waals surface area contributed by atoms with Crippen LogP contribution in [-0.2, 0) is 17.5 Å². The Kier molecular flexibility index (Phi) is 5.82. The van der Waals surface area contributed by atoms with E-state index < -0.39 is 29.8 Å². The molecule has 0 bridgehead atoms. The summed E-state index contributed by atoms with van der Waals surface area (Å²) in [5.41, 5.74) is -0.0304. The molecule has 1 amide bonds. The second kappa shape index (κ2) is 8.83. The van der Waals surface area contributed by atoms with Crippen LogP contribution in [0.1, 0.15) is 5.56 Å². The average molecular weight is 514 g/mol. The minimum atomic E-state index is -4.59. The van der Waals surface area contributed by atoms with Gasteiger partial charge in [-0.3, -0.25) is 14.2 Å². The van der Waals surface area contributed by atoms with Crippen LogP contribution in [0, 0.1) is 0 Å². The minimum absolute atomic E-state index is 0.0521. The molecule has 0 atom stereocenters. The number of carbonyl (C=O) groups is 1. The number of rotatable bonds is 4. The largest absolute Gasteiger partial charge is 0.416 e. The van der Waals surface area contributed by atoms with Gasteiger partial charge in [-0.2, -0.15) is 13.2 Å². The zero-order chi connectivity index (χ0) is 24.7. The van der Waals surface area contributed by atoms with Crippen LogP contribution < -0.4 is 10.9 Å². The van der Waals surface area contributed by atoms with Gasteiger partial charge in [0.15, 0.2) is 0 Å². The lowest BCUT2D eigenvalue weighted by molar-refractivity contribution is -0.137. The van der Waals surface area contributed by atoms with Crippen LogP contribution in [0.15, 0.2) is 77.2 Å². The number of fused-ring (bicyclic) bond motifs is 2. The summed E-state index contributed by atoms with van der Waals surface area (Å²) in [7, 11) is 0. The molecule has 0 aliphatic heterocycles. The number of halogens is 4. The van der Waals surface area contributed by atoms with Gasteiger partial charge in [-0.1, -0.05) is 48.0 Å². The molecule has 0 spiro atoms. The van der Waals surface area contributed by atoms with Crippen LogP contribution in [0.5, 0.6) is 0 Å². The lowest BCUT2D eigenvalue weighted by atomic mass is 10.0. The molecule has 176 valence electrons. The monoisotopic (exact) mass is 513 g/mol. The van der Waals surface area contributed by atoms with Gasteiger partial charge in [0.05, 0.1) is 28.0 Å². The van der Waals surface area contributed by atoms with Crippen molar-refractivity contribution in [3.63, 3.8) is 0 Å². The van der Waals surface area contributed by atoms with Crippen LogP contribution in [-0.4, -0.2) is 15.5 Å². The average Bonchev–Trinajstić information content (AvgIpc) is 3.26. The van der Waals surface area contributed by atoms with E-state index in [2.05, 4.69) is 10.3 Å². The quantitative estimate of drug-likeness (QED) is 0.295. The Morgan fingerprint density at radius 2 is 1.83 bits per heavy atom. The van der Waals surface area contributed by atoms with E-state index in [-0.39, 0.29) is 10.7 Å². The van der Waals surface area contributed by atoms with E-state index in [1.807, 2.05) is 47.8 Å². The van der Waals surface area contributed by atoms with E-state index in [4.69, 9.17) is 11.6 Å². The van der Waals surface area contributed by atoms with Crippen molar-refractivity contribution in [2.24, 2.45) is 0 Å². The molecule has 2 aromatic heterocycles. The van der Waals surface area contributed by atoms with Gasteiger partial charge in [0.1, 0.15) is 11.4 Å². The number of carbonyl (C=O) groups excluding carboxylic acids is 1. The first kappa shape index (κ1) is 23.1. The van der Waals surface area contributed by atoms with E-state index >= 15 is 0 Å². The zero-order valence-electron chi connectivity index (χ0n) is 17.8. The molecule has 1 N–H and O–H groups in total. The van der Waals surface area contributed by atoms with Crippen LogP contribution in [0.2, 0.25) is 5.02 Å². The molecule has 5 rings (SSSR count). The van der Waals surface area contributed by atoms with Crippen molar-refractivity contribution in [3.05, 3.63) is 93.3 Å². The number of alkyl halides is 3. The molecule has 5 nitrogen and oxygen atoms in total. The van der Waals surface area contributed by atoms with Crippen LogP contribution in [0.25, 0.3) is 32.1 Å². The maximum absolute atomic E-state index is 13.3. The third-order valence-electron chi connectivity index (χ3n) is 5.50. The second-order valence-electron chi connectivity index (χ2n) is 7.81. The van der Waals surface area contributed by atoms with Gasteiger partial charge in [-0.25, -0.2) is 4.98 Å². The summed E-state index contributed by atoms with van der Waals surface area (Å²) in [5, 5.41) is 6.60. The molecule has 0 radical (unpaired) electrons. The predicted octanol–water partition coefficient (Wildman–Crippen LogP) is 6.59. The molecule has 0 aliphatic rings. The number of nitrogens with zero attached hydrogens (tertiary/aromatic N) is 2. The number of amides is 1. The first-order chi connectivity index (χ1) is 16.7. The first-order valence-corrected chi connectivity index (χ1v) is 11.6. The molecule has 10 heteroatoms. The predicted molar refractivity (Wildman–Crippen MR) is 132 cm³/mol. The number of aromatic nitrogens is 2. The molecular weight excluding hydrogens is 499 g/mol. The first-order valence-electron chi connectivity index (χ1n) is 10.3. The third-order valence-corrected chi connectivity index (χ3v) is 6.72. The normalized spacial score (nSPS) is 11.8. The van der Waals surface area contributed by atoms with Crippen molar-refractivity contribution in [2.75, 3.05) is 5.32 Å². The van der Waals surface area contributed by atoms with Crippen molar-refractivity contribution in [1.82, 2.24) is 9.55 Å². The molecule has 0 saturated heterocycles. The summed E-state index contributed by atoms with van der Waals surface area (Å²) in [4.78, 5) is 30.7. The molecule has 0 saturated carbocycles. The summed E-state index contributed by atoms with van der Waals surface area (Å²) in [6, 6.07) is 16.4. The molecule has 2 heterocycles. The summed E-state index contributed by atoms with van der Waals surface area (Å²) in [6.45, 7) is -0.443. The van der Waals surface area contributed by atoms with Crippen molar-refractivity contribution in [2.45, 2.75) is 12.7 Å².